The van der Waals surface area contributed by atoms with E-state index in [1.807, 2.05) is 13.8 Å². The first-order valence-electron chi connectivity index (χ1n) is 7.63. The van der Waals surface area contributed by atoms with Crippen molar-refractivity contribution in [2.24, 2.45) is 0 Å². The largest absolute Gasteiger partial charge is 0.361 e. The van der Waals surface area contributed by atoms with E-state index in [0.717, 1.165) is 49.0 Å². The lowest BCUT2D eigenvalue weighted by Gasteiger charge is -2.23. The van der Waals surface area contributed by atoms with Gasteiger partial charge in [0.2, 0.25) is 0 Å². The quantitative estimate of drug-likeness (QED) is 0.933. The van der Waals surface area contributed by atoms with Crippen LogP contribution in [0.4, 0.5) is 0 Å². The van der Waals surface area contributed by atoms with Gasteiger partial charge in [-0.1, -0.05) is 19.0 Å². The number of nitrogens with one attached hydrogen (secondary N) is 1. The Bertz CT molecular complexity index is 609. The van der Waals surface area contributed by atoms with E-state index >= 15 is 0 Å². The van der Waals surface area contributed by atoms with Gasteiger partial charge in [0.25, 0.3) is 0 Å². The van der Waals surface area contributed by atoms with E-state index in [2.05, 4.69) is 39.1 Å². The fourth-order valence-corrected chi connectivity index (χ4v) is 2.74. The van der Waals surface area contributed by atoms with E-state index in [-0.39, 0.29) is 0 Å². The Hall–Kier alpha value is -1.69. The van der Waals surface area contributed by atoms with Gasteiger partial charge in [-0.15, -0.1) is 0 Å². The van der Waals surface area contributed by atoms with Crippen LogP contribution in [-0.4, -0.2) is 26.0 Å². The van der Waals surface area contributed by atoms with Crippen LogP contribution in [0.5, 0.6) is 0 Å². The first-order valence-corrected chi connectivity index (χ1v) is 7.63. The molecule has 0 radical (unpaired) electrons. The van der Waals surface area contributed by atoms with Crippen LogP contribution in [0.15, 0.2) is 4.52 Å². The lowest BCUT2D eigenvalue weighted by atomic mass is 10.1. The molecule has 1 aliphatic rings. The Morgan fingerprint density at radius 3 is 2.86 bits per heavy atom. The minimum absolute atomic E-state index is 0.386. The van der Waals surface area contributed by atoms with Crippen molar-refractivity contribution < 1.29 is 4.52 Å². The summed E-state index contributed by atoms with van der Waals surface area (Å²) in [6.07, 6.45) is 2.08. The molecule has 0 fully saturated rings. The molecule has 2 aromatic rings. The number of nitrogens with zero attached hydrogens (tertiary/aromatic N) is 4. The molecule has 0 spiro atoms. The molecule has 1 atom stereocenters. The highest BCUT2D eigenvalue weighted by Gasteiger charge is 2.22. The summed E-state index contributed by atoms with van der Waals surface area (Å²) in [4.78, 5) is 4.62. The fourth-order valence-electron chi connectivity index (χ4n) is 2.74. The van der Waals surface area contributed by atoms with Gasteiger partial charge in [0.15, 0.2) is 5.82 Å². The van der Waals surface area contributed by atoms with Crippen LogP contribution in [0.2, 0.25) is 0 Å². The predicted octanol–water partition coefficient (Wildman–Crippen LogP) is 2.11. The van der Waals surface area contributed by atoms with Crippen molar-refractivity contribution in [1.82, 2.24) is 25.2 Å². The highest BCUT2D eigenvalue weighted by atomic mass is 16.5. The Morgan fingerprint density at radius 1 is 1.38 bits per heavy atom. The third-order valence-electron chi connectivity index (χ3n) is 4.14. The monoisotopic (exact) mass is 289 g/mol. The van der Waals surface area contributed by atoms with Crippen molar-refractivity contribution in [2.45, 2.75) is 65.6 Å². The first kappa shape index (κ1) is 14.3. The van der Waals surface area contributed by atoms with E-state index in [4.69, 9.17) is 4.52 Å². The highest BCUT2D eigenvalue weighted by Crippen LogP contribution is 2.18. The maximum absolute atomic E-state index is 5.20. The van der Waals surface area contributed by atoms with Crippen LogP contribution >= 0.6 is 0 Å². The molecule has 0 saturated carbocycles. The van der Waals surface area contributed by atoms with Crippen LogP contribution in [0.1, 0.15) is 54.9 Å². The molecule has 6 nitrogen and oxygen atoms in total. The molecule has 21 heavy (non-hydrogen) atoms. The van der Waals surface area contributed by atoms with Gasteiger partial charge < -0.3 is 9.84 Å². The summed E-state index contributed by atoms with van der Waals surface area (Å²) in [7, 11) is 0. The van der Waals surface area contributed by atoms with E-state index in [1.54, 1.807) is 0 Å². The topological polar surface area (TPSA) is 68.8 Å². The van der Waals surface area contributed by atoms with Crippen molar-refractivity contribution in [2.75, 3.05) is 0 Å². The molecule has 1 aliphatic heterocycles. The fraction of sp³-hybridized carbons (Fsp3) is 0.667. The number of hydrogen-bond acceptors (Lipinski definition) is 5. The van der Waals surface area contributed by atoms with Crippen molar-refractivity contribution >= 4 is 0 Å². The standard InChI is InChI=1S/C15H23N5O/c1-9(2)15-17-14-6-5-12(8-20(14)18-15)16-7-13-10(3)19-21-11(13)4/h9,12,16H,5-8H2,1-4H3. The van der Waals surface area contributed by atoms with Crippen molar-refractivity contribution in [3.05, 3.63) is 28.7 Å². The van der Waals surface area contributed by atoms with Gasteiger partial charge in [-0.25, -0.2) is 9.67 Å². The van der Waals surface area contributed by atoms with Gasteiger partial charge in [0, 0.05) is 30.5 Å². The lowest BCUT2D eigenvalue weighted by molar-refractivity contribution is 0.355. The van der Waals surface area contributed by atoms with Gasteiger partial charge in [-0.05, 0) is 20.3 Å². The minimum Gasteiger partial charge on any atom is -0.361 e. The molecule has 0 aromatic carbocycles. The van der Waals surface area contributed by atoms with Crippen molar-refractivity contribution in [3.63, 3.8) is 0 Å². The molecule has 0 amide bonds. The molecule has 3 heterocycles. The van der Waals surface area contributed by atoms with E-state index in [0.29, 0.717) is 12.0 Å². The normalized spacial score (nSPS) is 18.2. The number of fused-ring (bicyclic) bond motifs is 1. The zero-order valence-electron chi connectivity index (χ0n) is 13.2. The maximum atomic E-state index is 5.20. The third kappa shape index (κ3) is 2.85. The molecule has 6 heteroatoms. The molecule has 2 aromatic heterocycles. The average molecular weight is 289 g/mol. The van der Waals surface area contributed by atoms with Gasteiger partial charge >= 0.3 is 0 Å². The molecule has 114 valence electrons. The van der Waals surface area contributed by atoms with Gasteiger partial charge in [-0.2, -0.15) is 5.10 Å². The van der Waals surface area contributed by atoms with Crippen LogP contribution in [0.3, 0.4) is 0 Å². The summed E-state index contributed by atoms with van der Waals surface area (Å²) >= 11 is 0. The summed E-state index contributed by atoms with van der Waals surface area (Å²) in [5.41, 5.74) is 2.14. The Morgan fingerprint density at radius 2 is 2.19 bits per heavy atom. The number of hydrogen-bond donors (Lipinski definition) is 1. The second-order valence-electron chi connectivity index (χ2n) is 6.14. The van der Waals surface area contributed by atoms with Crippen LogP contribution < -0.4 is 5.32 Å². The van der Waals surface area contributed by atoms with Gasteiger partial charge in [-0.3, -0.25) is 0 Å². The number of aromatic nitrogens is 4. The van der Waals surface area contributed by atoms with Crippen LogP contribution in [0.25, 0.3) is 0 Å². The van der Waals surface area contributed by atoms with Gasteiger partial charge in [0.1, 0.15) is 11.6 Å². The SMILES string of the molecule is Cc1noc(C)c1CNC1CCc2nc(C(C)C)nn2C1. The Balaban J connectivity index is 1.64. The first-order chi connectivity index (χ1) is 10.0. The summed E-state index contributed by atoms with van der Waals surface area (Å²) < 4.78 is 7.26. The number of rotatable bonds is 4. The molecular weight excluding hydrogens is 266 g/mol. The average Bonchev–Trinajstić information content (AvgIpc) is 3.01. The van der Waals surface area contributed by atoms with Crippen molar-refractivity contribution in [3.8, 4) is 0 Å². The Kier molecular flexibility index (Phi) is 3.80. The second-order valence-corrected chi connectivity index (χ2v) is 6.14. The zero-order valence-corrected chi connectivity index (χ0v) is 13.2. The zero-order chi connectivity index (χ0) is 15.0. The predicted molar refractivity (Wildman–Crippen MR) is 79.0 cm³/mol. The van der Waals surface area contributed by atoms with Gasteiger partial charge in [0.05, 0.1) is 12.2 Å². The van der Waals surface area contributed by atoms with Crippen molar-refractivity contribution in [1.29, 1.82) is 0 Å². The lowest BCUT2D eigenvalue weighted by Crippen LogP contribution is -2.37. The van der Waals surface area contributed by atoms with E-state index in [9.17, 15) is 0 Å². The third-order valence-corrected chi connectivity index (χ3v) is 4.14. The van der Waals surface area contributed by atoms with E-state index in [1.165, 1.54) is 5.56 Å². The molecule has 0 bridgehead atoms. The number of aryl methyl sites for hydroxylation is 3. The highest BCUT2D eigenvalue weighted by molar-refractivity contribution is 5.20. The smallest absolute Gasteiger partial charge is 0.153 e. The summed E-state index contributed by atoms with van der Waals surface area (Å²) in [6, 6.07) is 0.424. The van der Waals surface area contributed by atoms with E-state index < -0.39 is 0 Å². The molecule has 1 N–H and O–H groups in total. The summed E-state index contributed by atoms with van der Waals surface area (Å²) in [5, 5.41) is 12.2. The van der Waals surface area contributed by atoms with Crippen LogP contribution in [-0.2, 0) is 19.5 Å². The Labute approximate surface area is 124 Å². The summed E-state index contributed by atoms with van der Waals surface area (Å²) in [5.74, 6) is 3.36. The van der Waals surface area contributed by atoms with Crippen LogP contribution in [0, 0.1) is 13.8 Å². The summed E-state index contributed by atoms with van der Waals surface area (Å²) in [6.45, 7) is 9.90. The molecule has 3 rings (SSSR count). The minimum atomic E-state index is 0.386. The molecule has 0 saturated heterocycles. The molecule has 0 aliphatic carbocycles. The molecule has 1 unspecified atom stereocenters. The molecular formula is C15H23N5O. The second kappa shape index (κ2) is 5.60. The maximum Gasteiger partial charge on any atom is 0.153 e.